The van der Waals surface area contributed by atoms with Gasteiger partial charge in [0.15, 0.2) is 0 Å². The molecule has 90 valence electrons. The van der Waals surface area contributed by atoms with E-state index in [0.717, 1.165) is 37.7 Å². The Morgan fingerprint density at radius 1 is 1.29 bits per heavy atom. The molecule has 0 aromatic heterocycles. The van der Waals surface area contributed by atoms with E-state index in [0.29, 0.717) is 5.78 Å². The summed E-state index contributed by atoms with van der Waals surface area (Å²) in [6, 6.07) is 6.59. The number of carbonyl (C=O) groups excluding carboxylic acids is 1. The molecular weight excluding hydrogens is 218 g/mol. The van der Waals surface area contributed by atoms with Crippen LogP contribution >= 0.6 is 0 Å². The van der Waals surface area contributed by atoms with Crippen molar-refractivity contribution in [2.75, 3.05) is 0 Å². The average molecular weight is 233 g/mol. The van der Waals surface area contributed by atoms with Gasteiger partial charge in [-0.1, -0.05) is 12.1 Å². The zero-order chi connectivity index (χ0) is 12.3. The van der Waals surface area contributed by atoms with Crippen LogP contribution in [0.1, 0.15) is 31.2 Å². The number of rotatable bonds is 4. The van der Waals surface area contributed by atoms with Crippen molar-refractivity contribution >= 4 is 11.5 Å². The molecule has 0 spiro atoms. The second-order valence-electron chi connectivity index (χ2n) is 4.52. The van der Waals surface area contributed by atoms with E-state index in [1.807, 2.05) is 0 Å². The number of Topliss-reactive ketones (excluding diaryl/α,β-unsaturated/α-hetero) is 1. The summed E-state index contributed by atoms with van der Waals surface area (Å²) < 4.78 is 0. The van der Waals surface area contributed by atoms with Gasteiger partial charge in [0.1, 0.15) is 5.78 Å². The number of nitro groups is 1. The van der Waals surface area contributed by atoms with Crippen LogP contribution in [0.2, 0.25) is 0 Å². The van der Waals surface area contributed by atoms with Crippen LogP contribution in [0.25, 0.3) is 0 Å². The Bertz CT molecular complexity index is 425. The first-order valence-corrected chi connectivity index (χ1v) is 5.93. The lowest BCUT2D eigenvalue weighted by Crippen LogP contribution is -2.07. The minimum atomic E-state index is -0.399. The molecule has 0 amide bonds. The molecule has 0 aliphatic heterocycles. The summed E-state index contributed by atoms with van der Waals surface area (Å²) in [5, 5.41) is 10.5. The predicted molar refractivity (Wildman–Crippen MR) is 63.8 cm³/mol. The zero-order valence-corrected chi connectivity index (χ0v) is 9.59. The fourth-order valence-corrected chi connectivity index (χ4v) is 2.32. The Labute approximate surface area is 99.8 Å². The molecule has 1 aromatic rings. The minimum absolute atomic E-state index is 0.116. The summed E-state index contributed by atoms with van der Waals surface area (Å²) in [7, 11) is 0. The van der Waals surface area contributed by atoms with E-state index in [1.54, 1.807) is 12.1 Å². The number of nitro benzene ring substituents is 1. The topological polar surface area (TPSA) is 60.2 Å². The lowest BCUT2D eigenvalue weighted by atomic mass is 9.97. The van der Waals surface area contributed by atoms with Crippen molar-refractivity contribution in [2.45, 2.75) is 32.1 Å². The molecule has 17 heavy (non-hydrogen) atoms. The number of hydrogen-bond donors (Lipinski definition) is 0. The lowest BCUT2D eigenvalue weighted by Gasteiger charge is -2.07. The van der Waals surface area contributed by atoms with Crippen molar-refractivity contribution in [1.29, 1.82) is 0 Å². The van der Waals surface area contributed by atoms with Crippen LogP contribution in [0.4, 0.5) is 5.69 Å². The van der Waals surface area contributed by atoms with Crippen molar-refractivity contribution in [3.63, 3.8) is 0 Å². The monoisotopic (exact) mass is 233 g/mol. The van der Waals surface area contributed by atoms with Gasteiger partial charge < -0.3 is 0 Å². The molecule has 1 fully saturated rings. The summed E-state index contributed by atoms with van der Waals surface area (Å²) in [6.07, 6.45) is 4.45. The molecule has 1 aromatic carbocycles. The Morgan fingerprint density at radius 3 is 2.53 bits per heavy atom. The Hall–Kier alpha value is -1.71. The van der Waals surface area contributed by atoms with E-state index in [9.17, 15) is 14.9 Å². The van der Waals surface area contributed by atoms with E-state index in [-0.39, 0.29) is 11.6 Å². The third-order valence-electron chi connectivity index (χ3n) is 3.36. The van der Waals surface area contributed by atoms with E-state index in [4.69, 9.17) is 0 Å². The number of carbonyl (C=O) groups is 1. The van der Waals surface area contributed by atoms with Crippen molar-refractivity contribution < 1.29 is 9.72 Å². The maximum Gasteiger partial charge on any atom is 0.269 e. The predicted octanol–water partition coefficient (Wildman–Crippen LogP) is 2.90. The molecule has 2 rings (SSSR count). The molecule has 0 bridgehead atoms. The Morgan fingerprint density at radius 2 is 2.00 bits per heavy atom. The molecule has 4 nitrogen and oxygen atoms in total. The SMILES string of the molecule is O=C1CCCC1CCc1ccc([N+](=O)[O-])cc1. The number of benzene rings is 1. The standard InChI is InChI=1S/C13H15NO3/c15-13-3-1-2-11(13)7-4-10-5-8-12(9-6-10)14(16)17/h5-6,8-9,11H,1-4,7H2. The minimum Gasteiger partial charge on any atom is -0.299 e. The van der Waals surface area contributed by atoms with Crippen LogP contribution in [-0.4, -0.2) is 10.7 Å². The van der Waals surface area contributed by atoms with Gasteiger partial charge in [0, 0.05) is 24.5 Å². The van der Waals surface area contributed by atoms with Gasteiger partial charge in [-0.05, 0) is 31.2 Å². The highest BCUT2D eigenvalue weighted by Crippen LogP contribution is 2.26. The van der Waals surface area contributed by atoms with Gasteiger partial charge in [-0.3, -0.25) is 14.9 Å². The zero-order valence-electron chi connectivity index (χ0n) is 9.59. The quantitative estimate of drug-likeness (QED) is 0.593. The molecule has 0 radical (unpaired) electrons. The highest BCUT2D eigenvalue weighted by atomic mass is 16.6. The summed E-state index contributed by atoms with van der Waals surface area (Å²) in [6.45, 7) is 0. The number of ketones is 1. The van der Waals surface area contributed by atoms with Gasteiger partial charge >= 0.3 is 0 Å². The van der Waals surface area contributed by atoms with Gasteiger partial charge in [-0.25, -0.2) is 0 Å². The van der Waals surface area contributed by atoms with Crippen molar-refractivity contribution in [3.8, 4) is 0 Å². The first kappa shape index (κ1) is 11.8. The Balaban J connectivity index is 1.91. The van der Waals surface area contributed by atoms with Crippen LogP contribution in [-0.2, 0) is 11.2 Å². The summed E-state index contributed by atoms with van der Waals surface area (Å²) in [5.41, 5.74) is 1.18. The van der Waals surface area contributed by atoms with Crippen LogP contribution in [0.15, 0.2) is 24.3 Å². The van der Waals surface area contributed by atoms with Crippen LogP contribution in [0, 0.1) is 16.0 Å². The molecule has 0 N–H and O–H groups in total. The third kappa shape index (κ3) is 2.90. The lowest BCUT2D eigenvalue weighted by molar-refractivity contribution is -0.384. The summed E-state index contributed by atoms with van der Waals surface area (Å²) >= 11 is 0. The number of nitrogens with zero attached hydrogens (tertiary/aromatic N) is 1. The molecule has 0 saturated heterocycles. The highest BCUT2D eigenvalue weighted by Gasteiger charge is 2.23. The normalized spacial score (nSPS) is 19.5. The van der Waals surface area contributed by atoms with Crippen molar-refractivity contribution in [2.24, 2.45) is 5.92 Å². The van der Waals surface area contributed by atoms with E-state index in [2.05, 4.69) is 0 Å². The molecule has 1 atom stereocenters. The van der Waals surface area contributed by atoms with Crippen LogP contribution in [0.5, 0.6) is 0 Å². The smallest absolute Gasteiger partial charge is 0.269 e. The van der Waals surface area contributed by atoms with Gasteiger partial charge in [-0.15, -0.1) is 0 Å². The van der Waals surface area contributed by atoms with Gasteiger partial charge in [0.2, 0.25) is 0 Å². The number of non-ortho nitro benzene ring substituents is 1. The second kappa shape index (κ2) is 5.08. The largest absolute Gasteiger partial charge is 0.299 e. The first-order chi connectivity index (χ1) is 8.16. The van der Waals surface area contributed by atoms with Gasteiger partial charge in [0.25, 0.3) is 5.69 Å². The van der Waals surface area contributed by atoms with E-state index < -0.39 is 4.92 Å². The number of hydrogen-bond acceptors (Lipinski definition) is 3. The van der Waals surface area contributed by atoms with Crippen molar-refractivity contribution in [1.82, 2.24) is 0 Å². The fourth-order valence-electron chi connectivity index (χ4n) is 2.32. The maximum atomic E-state index is 11.4. The van der Waals surface area contributed by atoms with Crippen LogP contribution < -0.4 is 0 Å². The van der Waals surface area contributed by atoms with Crippen molar-refractivity contribution in [3.05, 3.63) is 39.9 Å². The molecule has 1 aliphatic rings. The first-order valence-electron chi connectivity index (χ1n) is 5.93. The van der Waals surface area contributed by atoms with Crippen LogP contribution in [0.3, 0.4) is 0 Å². The third-order valence-corrected chi connectivity index (χ3v) is 3.36. The molecule has 0 heterocycles. The molecule has 1 saturated carbocycles. The molecular formula is C13H15NO3. The molecule has 1 unspecified atom stereocenters. The molecule has 4 heteroatoms. The highest BCUT2D eigenvalue weighted by molar-refractivity contribution is 5.82. The van der Waals surface area contributed by atoms with Gasteiger partial charge in [-0.2, -0.15) is 0 Å². The van der Waals surface area contributed by atoms with Gasteiger partial charge in [0.05, 0.1) is 4.92 Å². The Kier molecular flexibility index (Phi) is 3.52. The van der Waals surface area contributed by atoms with E-state index in [1.165, 1.54) is 12.1 Å². The number of aryl methyl sites for hydroxylation is 1. The fraction of sp³-hybridized carbons (Fsp3) is 0.462. The summed E-state index contributed by atoms with van der Waals surface area (Å²) in [5.74, 6) is 0.595. The van der Waals surface area contributed by atoms with E-state index >= 15 is 0 Å². The maximum absolute atomic E-state index is 11.4. The molecule has 1 aliphatic carbocycles. The summed E-state index contributed by atoms with van der Waals surface area (Å²) in [4.78, 5) is 21.5. The second-order valence-corrected chi connectivity index (χ2v) is 4.52. The average Bonchev–Trinajstić information content (AvgIpc) is 2.73.